The molecule has 0 N–H and O–H groups in total. The van der Waals surface area contributed by atoms with Gasteiger partial charge in [0, 0.05) is 12.2 Å². The Kier molecular flexibility index (Phi) is 3.49. The van der Waals surface area contributed by atoms with Gasteiger partial charge in [-0.2, -0.15) is 0 Å². The van der Waals surface area contributed by atoms with Crippen LogP contribution in [0.5, 0.6) is 0 Å². The lowest BCUT2D eigenvalue weighted by molar-refractivity contribution is -0.143. The molecule has 72 valence electrons. The highest BCUT2D eigenvalue weighted by Gasteiger charge is 2.09. The van der Waals surface area contributed by atoms with Gasteiger partial charge in [-0.15, -0.1) is 0 Å². The zero-order valence-corrected chi connectivity index (χ0v) is 7.49. The number of cyclic esters (lactones) is 2. The van der Waals surface area contributed by atoms with E-state index in [9.17, 15) is 9.59 Å². The van der Waals surface area contributed by atoms with E-state index in [0.29, 0.717) is 19.6 Å². The van der Waals surface area contributed by atoms with Gasteiger partial charge in [0.15, 0.2) is 0 Å². The van der Waals surface area contributed by atoms with Gasteiger partial charge in [0.05, 0.1) is 13.2 Å². The Balaban J connectivity index is 2.56. The third kappa shape index (κ3) is 3.73. The highest BCUT2D eigenvalue weighted by molar-refractivity contribution is 5.91. The van der Waals surface area contributed by atoms with Crippen LogP contribution in [0.1, 0.15) is 13.3 Å². The number of rotatable bonds is 0. The number of hydrogen-bond donors (Lipinski definition) is 0. The van der Waals surface area contributed by atoms with Gasteiger partial charge in [-0.05, 0) is 12.3 Å². The van der Waals surface area contributed by atoms with Crippen LogP contribution in [-0.2, 0) is 19.1 Å². The molecule has 1 atom stereocenters. The standard InChI is InChI=1S/C9H12O4/c1-7-4-5-12-8(10)2-3-9(11)13-6-7/h2-3,7H,4-6H2,1H3/b3-2-. The van der Waals surface area contributed by atoms with E-state index in [1.165, 1.54) is 0 Å². The van der Waals surface area contributed by atoms with E-state index in [1.807, 2.05) is 6.92 Å². The second kappa shape index (κ2) is 4.64. The molecule has 0 aromatic heterocycles. The van der Waals surface area contributed by atoms with Crippen LogP contribution in [0.15, 0.2) is 12.2 Å². The molecule has 0 aliphatic carbocycles. The fourth-order valence-electron chi connectivity index (χ4n) is 0.901. The summed E-state index contributed by atoms with van der Waals surface area (Å²) in [5, 5.41) is 0. The molecule has 0 bridgehead atoms. The Labute approximate surface area is 76.5 Å². The highest BCUT2D eigenvalue weighted by Crippen LogP contribution is 2.04. The molecule has 1 rings (SSSR count). The summed E-state index contributed by atoms with van der Waals surface area (Å²) < 4.78 is 9.65. The van der Waals surface area contributed by atoms with E-state index >= 15 is 0 Å². The number of carbonyl (C=O) groups is 2. The second-order valence-electron chi connectivity index (χ2n) is 3.02. The van der Waals surface area contributed by atoms with E-state index < -0.39 is 11.9 Å². The summed E-state index contributed by atoms with van der Waals surface area (Å²) in [5.41, 5.74) is 0. The first-order valence-electron chi connectivity index (χ1n) is 4.20. The summed E-state index contributed by atoms with van der Waals surface area (Å²) in [6.45, 7) is 2.69. The molecular formula is C9H12O4. The van der Waals surface area contributed by atoms with Crippen molar-refractivity contribution in [3.8, 4) is 0 Å². The third-order valence-electron chi connectivity index (χ3n) is 1.72. The van der Waals surface area contributed by atoms with Crippen LogP contribution < -0.4 is 0 Å². The van der Waals surface area contributed by atoms with Crippen molar-refractivity contribution < 1.29 is 19.1 Å². The fraction of sp³-hybridized carbons (Fsp3) is 0.556. The van der Waals surface area contributed by atoms with Gasteiger partial charge >= 0.3 is 11.9 Å². The zero-order chi connectivity index (χ0) is 9.68. The van der Waals surface area contributed by atoms with E-state index in [4.69, 9.17) is 9.47 Å². The summed E-state index contributed by atoms with van der Waals surface area (Å²) in [6.07, 6.45) is 2.88. The molecule has 1 heterocycles. The van der Waals surface area contributed by atoms with Crippen LogP contribution in [0.4, 0.5) is 0 Å². The Hall–Kier alpha value is -1.32. The van der Waals surface area contributed by atoms with Gasteiger partial charge in [-0.3, -0.25) is 0 Å². The SMILES string of the molecule is CC1CCOC(=O)/C=C\C(=O)OC1. The van der Waals surface area contributed by atoms with Crippen molar-refractivity contribution in [1.82, 2.24) is 0 Å². The average Bonchev–Trinajstić information content (AvgIpc) is 2.10. The molecule has 0 aromatic rings. The van der Waals surface area contributed by atoms with Crippen LogP contribution in [0.3, 0.4) is 0 Å². The maximum absolute atomic E-state index is 10.9. The van der Waals surface area contributed by atoms with E-state index in [2.05, 4.69) is 0 Å². The lowest BCUT2D eigenvalue weighted by atomic mass is 10.1. The molecule has 0 amide bonds. The summed E-state index contributed by atoms with van der Waals surface area (Å²) in [6, 6.07) is 0. The minimum absolute atomic E-state index is 0.225. The fourth-order valence-corrected chi connectivity index (χ4v) is 0.901. The van der Waals surface area contributed by atoms with Crippen LogP contribution in [-0.4, -0.2) is 25.2 Å². The van der Waals surface area contributed by atoms with Gasteiger partial charge in [0.1, 0.15) is 0 Å². The molecule has 0 radical (unpaired) electrons. The van der Waals surface area contributed by atoms with Crippen molar-refractivity contribution in [2.45, 2.75) is 13.3 Å². The van der Waals surface area contributed by atoms with Crippen molar-refractivity contribution in [3.63, 3.8) is 0 Å². The van der Waals surface area contributed by atoms with Crippen molar-refractivity contribution in [2.75, 3.05) is 13.2 Å². The summed E-state index contributed by atoms with van der Waals surface area (Å²) in [7, 11) is 0. The van der Waals surface area contributed by atoms with E-state index in [0.717, 1.165) is 12.2 Å². The zero-order valence-electron chi connectivity index (χ0n) is 7.49. The third-order valence-corrected chi connectivity index (χ3v) is 1.72. The van der Waals surface area contributed by atoms with Crippen molar-refractivity contribution in [3.05, 3.63) is 12.2 Å². The highest BCUT2D eigenvalue weighted by atomic mass is 16.5. The molecule has 4 heteroatoms. The van der Waals surface area contributed by atoms with Crippen LogP contribution in [0.2, 0.25) is 0 Å². The van der Waals surface area contributed by atoms with Crippen LogP contribution in [0, 0.1) is 5.92 Å². The summed E-state index contributed by atoms with van der Waals surface area (Å²) in [4.78, 5) is 21.7. The molecule has 4 nitrogen and oxygen atoms in total. The average molecular weight is 184 g/mol. The molecule has 1 aliphatic rings. The molecule has 0 fully saturated rings. The van der Waals surface area contributed by atoms with E-state index in [-0.39, 0.29) is 5.92 Å². The van der Waals surface area contributed by atoms with Crippen molar-refractivity contribution in [1.29, 1.82) is 0 Å². The van der Waals surface area contributed by atoms with Crippen molar-refractivity contribution in [2.24, 2.45) is 5.92 Å². The van der Waals surface area contributed by atoms with Gasteiger partial charge in [0.2, 0.25) is 0 Å². The van der Waals surface area contributed by atoms with Gasteiger partial charge in [-0.25, -0.2) is 9.59 Å². The molecule has 1 aliphatic heterocycles. The Morgan fingerprint density at radius 2 is 1.85 bits per heavy atom. The summed E-state index contributed by atoms with van der Waals surface area (Å²) in [5.74, 6) is -0.764. The number of esters is 2. The lowest BCUT2D eigenvalue weighted by Gasteiger charge is -2.12. The quantitative estimate of drug-likeness (QED) is 0.519. The Bertz CT molecular complexity index is 232. The Morgan fingerprint density at radius 3 is 2.54 bits per heavy atom. The van der Waals surface area contributed by atoms with E-state index in [1.54, 1.807) is 0 Å². The van der Waals surface area contributed by atoms with Gasteiger partial charge in [-0.1, -0.05) is 6.92 Å². The first kappa shape index (κ1) is 9.77. The first-order chi connectivity index (χ1) is 6.18. The maximum Gasteiger partial charge on any atom is 0.331 e. The van der Waals surface area contributed by atoms with Crippen LogP contribution in [0.25, 0.3) is 0 Å². The molecule has 0 saturated carbocycles. The molecule has 0 aromatic carbocycles. The topological polar surface area (TPSA) is 52.6 Å². The molecular weight excluding hydrogens is 172 g/mol. The minimum Gasteiger partial charge on any atom is -0.463 e. The molecule has 1 unspecified atom stereocenters. The first-order valence-corrected chi connectivity index (χ1v) is 4.20. The molecule has 13 heavy (non-hydrogen) atoms. The maximum atomic E-state index is 10.9. The minimum atomic E-state index is -0.495. The smallest absolute Gasteiger partial charge is 0.331 e. The lowest BCUT2D eigenvalue weighted by Crippen LogP contribution is -2.15. The Morgan fingerprint density at radius 1 is 1.23 bits per heavy atom. The second-order valence-corrected chi connectivity index (χ2v) is 3.02. The molecule has 0 spiro atoms. The molecule has 0 saturated heterocycles. The van der Waals surface area contributed by atoms with Crippen molar-refractivity contribution >= 4 is 11.9 Å². The predicted molar refractivity (Wildman–Crippen MR) is 44.8 cm³/mol. The van der Waals surface area contributed by atoms with Gasteiger partial charge < -0.3 is 9.47 Å². The monoisotopic (exact) mass is 184 g/mol. The van der Waals surface area contributed by atoms with Gasteiger partial charge in [0.25, 0.3) is 0 Å². The number of ether oxygens (including phenoxy) is 2. The predicted octanol–water partition coefficient (Wildman–Crippen LogP) is 0.669. The number of carbonyl (C=O) groups excluding carboxylic acids is 2. The van der Waals surface area contributed by atoms with Crippen LogP contribution >= 0.6 is 0 Å². The number of hydrogen-bond acceptors (Lipinski definition) is 4. The summed E-state index contributed by atoms with van der Waals surface area (Å²) >= 11 is 0. The largest absolute Gasteiger partial charge is 0.463 e. The normalized spacial score (nSPS) is 27.3.